The highest BCUT2D eigenvalue weighted by molar-refractivity contribution is 5.91. The number of ether oxygens (including phenoxy) is 1. The number of phenols is 2. The Kier molecular flexibility index (Phi) is 10.8. The van der Waals surface area contributed by atoms with Gasteiger partial charge in [-0.05, 0) is 31.2 Å². The molecule has 4 aromatic rings. The maximum atomic E-state index is 13.7. The first-order chi connectivity index (χ1) is 21.9. The summed E-state index contributed by atoms with van der Waals surface area (Å²) < 4.78 is 12.3. The quantitative estimate of drug-likeness (QED) is 0.158. The van der Waals surface area contributed by atoms with Gasteiger partial charge in [0.25, 0.3) is 0 Å². The van der Waals surface area contributed by atoms with E-state index < -0.39 is 11.3 Å². The van der Waals surface area contributed by atoms with Gasteiger partial charge in [0.05, 0.1) is 6.61 Å². The molecule has 0 aliphatic carbocycles. The lowest BCUT2D eigenvalue weighted by atomic mass is 9.86. The summed E-state index contributed by atoms with van der Waals surface area (Å²) in [4.78, 5) is 31.1. The van der Waals surface area contributed by atoms with E-state index in [2.05, 4.69) is 11.8 Å². The second-order valence-corrected chi connectivity index (χ2v) is 12.0. The van der Waals surface area contributed by atoms with Crippen molar-refractivity contribution in [3.8, 4) is 28.6 Å². The predicted octanol–water partition coefficient (Wildman–Crippen LogP) is 6.91. The minimum absolute atomic E-state index is 0.0292. The summed E-state index contributed by atoms with van der Waals surface area (Å²) in [6.45, 7) is 5.63. The van der Waals surface area contributed by atoms with Gasteiger partial charge in [-0.3, -0.25) is 9.59 Å². The number of amides is 1. The Hall–Kier alpha value is -4.30. The number of unbranched alkanes of at least 4 members (excludes halogenated alkanes) is 5. The number of fused-ring (bicyclic) bond motifs is 1. The molecule has 5 rings (SSSR count). The molecule has 3 aromatic carbocycles. The van der Waals surface area contributed by atoms with Crippen molar-refractivity contribution in [2.24, 2.45) is 0 Å². The van der Waals surface area contributed by atoms with Crippen LogP contribution in [0.1, 0.15) is 68.9 Å². The molecule has 1 fully saturated rings. The molecular formula is C37H44N2O6. The number of carbonyl (C=O) groups is 1. The van der Waals surface area contributed by atoms with Crippen molar-refractivity contribution in [3.63, 3.8) is 0 Å². The molecule has 1 aliphatic rings. The summed E-state index contributed by atoms with van der Waals surface area (Å²) >= 11 is 0. The van der Waals surface area contributed by atoms with Gasteiger partial charge in [-0.25, -0.2) is 0 Å². The van der Waals surface area contributed by atoms with Gasteiger partial charge in [0.1, 0.15) is 34.0 Å². The summed E-state index contributed by atoms with van der Waals surface area (Å²) in [5.41, 5.74) is 1.37. The number of aromatic hydroxyl groups is 2. The average Bonchev–Trinajstić information content (AvgIpc) is 3.04. The Labute approximate surface area is 264 Å². The van der Waals surface area contributed by atoms with Crippen molar-refractivity contribution in [3.05, 3.63) is 88.1 Å². The first-order valence-corrected chi connectivity index (χ1v) is 16.1. The van der Waals surface area contributed by atoms with Gasteiger partial charge < -0.3 is 29.2 Å². The minimum Gasteiger partial charge on any atom is -0.507 e. The number of hydrogen-bond donors (Lipinski definition) is 2. The molecule has 45 heavy (non-hydrogen) atoms. The Morgan fingerprint density at radius 2 is 1.58 bits per heavy atom. The van der Waals surface area contributed by atoms with Gasteiger partial charge in [0.15, 0.2) is 5.43 Å². The van der Waals surface area contributed by atoms with Crippen molar-refractivity contribution in [2.75, 3.05) is 39.8 Å². The van der Waals surface area contributed by atoms with Crippen LogP contribution >= 0.6 is 0 Å². The summed E-state index contributed by atoms with van der Waals surface area (Å²) in [6, 6.07) is 19.3. The number of piperazine rings is 1. The Bertz CT molecular complexity index is 1630. The van der Waals surface area contributed by atoms with E-state index in [4.69, 9.17) is 9.15 Å². The number of benzene rings is 3. The van der Waals surface area contributed by atoms with Crippen LogP contribution < -0.4 is 10.2 Å². The molecule has 1 saturated heterocycles. The lowest BCUT2D eigenvalue weighted by Crippen LogP contribution is -2.47. The molecule has 1 atom stereocenters. The predicted molar refractivity (Wildman–Crippen MR) is 177 cm³/mol. The van der Waals surface area contributed by atoms with Gasteiger partial charge in [-0.1, -0.05) is 81.5 Å². The Balaban J connectivity index is 1.50. The van der Waals surface area contributed by atoms with Crippen molar-refractivity contribution in [1.29, 1.82) is 0 Å². The van der Waals surface area contributed by atoms with Crippen LogP contribution in [0.15, 0.2) is 75.9 Å². The van der Waals surface area contributed by atoms with E-state index in [1.807, 2.05) is 66.5 Å². The minimum atomic E-state index is -0.651. The normalized spacial score (nSPS) is 14.5. The molecule has 2 N–H and O–H groups in total. The zero-order valence-electron chi connectivity index (χ0n) is 26.3. The molecule has 0 radical (unpaired) electrons. The van der Waals surface area contributed by atoms with Gasteiger partial charge >= 0.3 is 0 Å². The molecule has 8 heteroatoms. The second kappa shape index (κ2) is 15.1. The lowest BCUT2D eigenvalue weighted by molar-refractivity contribution is -0.133. The van der Waals surface area contributed by atoms with Crippen LogP contribution in [0.5, 0.6) is 17.2 Å². The van der Waals surface area contributed by atoms with E-state index in [0.717, 1.165) is 37.2 Å². The zero-order chi connectivity index (χ0) is 31.8. The van der Waals surface area contributed by atoms with Crippen LogP contribution in [0.25, 0.3) is 22.3 Å². The molecule has 0 spiro atoms. The molecule has 238 valence electrons. The van der Waals surface area contributed by atoms with Crippen molar-refractivity contribution < 1.29 is 24.2 Å². The van der Waals surface area contributed by atoms with Crippen molar-refractivity contribution in [2.45, 2.75) is 57.8 Å². The third-order valence-corrected chi connectivity index (χ3v) is 8.69. The van der Waals surface area contributed by atoms with Crippen molar-refractivity contribution in [1.82, 2.24) is 9.80 Å². The van der Waals surface area contributed by atoms with Crippen molar-refractivity contribution >= 4 is 16.9 Å². The van der Waals surface area contributed by atoms with Crippen LogP contribution in [0.3, 0.4) is 0 Å². The summed E-state index contributed by atoms with van der Waals surface area (Å²) in [7, 11) is 2.04. The fourth-order valence-electron chi connectivity index (χ4n) is 6.02. The zero-order valence-corrected chi connectivity index (χ0v) is 26.3. The SMILES string of the molecule is CCCCCCCCOc1ccc(C(CC(=O)N2CCN(C)CC2)c2c(O)cc(O)c3c(=O)cc(-c4ccccc4)oc23)cc1. The number of rotatable bonds is 13. The van der Waals surface area contributed by atoms with Gasteiger partial charge in [-0.15, -0.1) is 0 Å². The highest BCUT2D eigenvalue weighted by Crippen LogP contribution is 2.43. The maximum Gasteiger partial charge on any atom is 0.223 e. The number of carbonyl (C=O) groups excluding carboxylic acids is 1. The van der Waals surface area contributed by atoms with Gasteiger partial charge in [0.2, 0.25) is 5.91 Å². The summed E-state index contributed by atoms with van der Waals surface area (Å²) in [5, 5.41) is 22.1. The Morgan fingerprint density at radius 3 is 2.29 bits per heavy atom. The number of phenolic OH excluding ortho intramolecular Hbond substituents is 2. The van der Waals surface area contributed by atoms with Crippen LogP contribution in [-0.2, 0) is 4.79 Å². The fraction of sp³-hybridized carbons (Fsp3) is 0.405. The first-order valence-electron chi connectivity index (χ1n) is 16.1. The smallest absolute Gasteiger partial charge is 0.223 e. The molecule has 1 aromatic heterocycles. The summed E-state index contributed by atoms with van der Waals surface area (Å²) in [5.74, 6) is -0.285. The van der Waals surface area contributed by atoms with E-state index in [-0.39, 0.29) is 34.8 Å². The molecule has 1 aliphatic heterocycles. The topological polar surface area (TPSA) is 103 Å². The monoisotopic (exact) mass is 612 g/mol. The third kappa shape index (κ3) is 7.87. The highest BCUT2D eigenvalue weighted by Gasteiger charge is 2.30. The number of nitrogens with zero attached hydrogens (tertiary/aromatic N) is 2. The first kappa shape index (κ1) is 32.1. The van der Waals surface area contributed by atoms with Gasteiger partial charge in [-0.2, -0.15) is 0 Å². The van der Waals surface area contributed by atoms with E-state index in [1.165, 1.54) is 37.8 Å². The van der Waals surface area contributed by atoms with E-state index >= 15 is 0 Å². The molecule has 1 amide bonds. The van der Waals surface area contributed by atoms with E-state index in [1.54, 1.807) is 0 Å². The number of likely N-dealkylation sites (N-methyl/N-ethyl adjacent to an activating group) is 1. The van der Waals surface area contributed by atoms with Crippen LogP contribution in [0.4, 0.5) is 0 Å². The average molecular weight is 613 g/mol. The van der Waals surface area contributed by atoms with E-state index in [9.17, 15) is 19.8 Å². The molecule has 1 unspecified atom stereocenters. The standard InChI is InChI=1S/C37H44N2O6/c1-3-4-5-6-7-11-22-44-28-16-14-26(15-17-28)29(23-34(43)39-20-18-38(2)19-21-39)35-30(40)24-31(41)36-32(42)25-33(45-37(35)36)27-12-9-8-10-13-27/h8-10,12-17,24-25,29,40-41H,3-7,11,18-23H2,1-2H3. The maximum absolute atomic E-state index is 13.7. The molecule has 2 heterocycles. The van der Waals surface area contributed by atoms with Crippen LogP contribution in [0, 0.1) is 0 Å². The second-order valence-electron chi connectivity index (χ2n) is 12.0. The lowest BCUT2D eigenvalue weighted by Gasteiger charge is -2.33. The molecule has 0 saturated carbocycles. The summed E-state index contributed by atoms with van der Waals surface area (Å²) in [6.07, 6.45) is 7.14. The Morgan fingerprint density at radius 1 is 0.889 bits per heavy atom. The van der Waals surface area contributed by atoms with Crippen LogP contribution in [-0.4, -0.2) is 65.8 Å². The highest BCUT2D eigenvalue weighted by atomic mass is 16.5. The fourth-order valence-corrected chi connectivity index (χ4v) is 6.02. The third-order valence-electron chi connectivity index (χ3n) is 8.69. The molecule has 0 bridgehead atoms. The van der Waals surface area contributed by atoms with E-state index in [0.29, 0.717) is 36.6 Å². The largest absolute Gasteiger partial charge is 0.507 e. The molecular weight excluding hydrogens is 568 g/mol. The molecule has 8 nitrogen and oxygen atoms in total. The number of hydrogen-bond acceptors (Lipinski definition) is 7. The van der Waals surface area contributed by atoms with Crippen LogP contribution in [0.2, 0.25) is 0 Å². The van der Waals surface area contributed by atoms with Gasteiger partial charge in [0, 0.05) is 61.8 Å².